The number of aromatic nitrogens is 2. The molecule has 7 heteroatoms. The number of hydrogen-bond acceptors (Lipinski definition) is 5. The highest BCUT2D eigenvalue weighted by molar-refractivity contribution is 5.84. The van der Waals surface area contributed by atoms with E-state index < -0.39 is 11.6 Å². The number of nitrogen functional groups attached to an aromatic ring is 1. The summed E-state index contributed by atoms with van der Waals surface area (Å²) < 4.78 is 33.0. The summed E-state index contributed by atoms with van der Waals surface area (Å²) in [5, 5.41) is 4.74. The van der Waals surface area contributed by atoms with Crippen molar-refractivity contribution in [2.75, 3.05) is 11.1 Å². The van der Waals surface area contributed by atoms with Crippen molar-refractivity contribution < 1.29 is 13.5 Å². The number of ether oxygens (including phenoxy) is 1. The van der Waals surface area contributed by atoms with Gasteiger partial charge in [-0.2, -0.15) is 4.98 Å². The molecule has 0 aliphatic rings. The number of rotatable bonds is 4. The number of hydrogen-bond donors (Lipinski definition) is 2. The molecule has 1 heterocycles. The molecule has 0 atom stereocenters. The minimum absolute atomic E-state index is 0.0781. The van der Waals surface area contributed by atoms with Crippen molar-refractivity contribution in [3.63, 3.8) is 0 Å². The number of anilines is 3. The summed E-state index contributed by atoms with van der Waals surface area (Å²) >= 11 is 0. The fourth-order valence-electron chi connectivity index (χ4n) is 2.62. The van der Waals surface area contributed by atoms with E-state index in [9.17, 15) is 8.78 Å². The number of fused-ring (bicyclic) bond motifs is 1. The Bertz CT molecular complexity index is 1130. The molecule has 27 heavy (non-hydrogen) atoms. The van der Waals surface area contributed by atoms with Crippen LogP contribution in [0.25, 0.3) is 10.8 Å². The zero-order chi connectivity index (χ0) is 18.8. The van der Waals surface area contributed by atoms with Gasteiger partial charge in [0.15, 0.2) is 5.82 Å². The van der Waals surface area contributed by atoms with E-state index in [4.69, 9.17) is 10.5 Å². The van der Waals surface area contributed by atoms with Crippen LogP contribution in [-0.2, 0) is 0 Å². The van der Waals surface area contributed by atoms with Crippen LogP contribution in [0, 0.1) is 11.6 Å². The molecule has 0 saturated heterocycles. The van der Waals surface area contributed by atoms with Gasteiger partial charge in [-0.1, -0.05) is 30.3 Å². The maximum absolute atomic E-state index is 13.8. The second-order valence-electron chi connectivity index (χ2n) is 5.80. The average Bonchev–Trinajstić information content (AvgIpc) is 2.68. The van der Waals surface area contributed by atoms with E-state index in [1.807, 2.05) is 36.4 Å². The van der Waals surface area contributed by atoms with Crippen LogP contribution in [0.15, 0.2) is 67.0 Å². The lowest BCUT2D eigenvalue weighted by molar-refractivity contribution is 0.465. The first kappa shape index (κ1) is 16.7. The Morgan fingerprint density at radius 1 is 0.889 bits per heavy atom. The maximum Gasteiger partial charge on any atom is 0.248 e. The first-order valence-electron chi connectivity index (χ1n) is 8.09. The number of nitrogens with one attached hydrogen (secondary N) is 1. The lowest BCUT2D eigenvalue weighted by Crippen LogP contribution is -2.04. The minimum atomic E-state index is -0.633. The van der Waals surface area contributed by atoms with Crippen LogP contribution in [0.4, 0.5) is 26.0 Å². The van der Waals surface area contributed by atoms with E-state index in [0.717, 1.165) is 29.0 Å². The van der Waals surface area contributed by atoms with Crippen LogP contribution < -0.4 is 15.8 Å². The molecule has 0 saturated carbocycles. The van der Waals surface area contributed by atoms with E-state index >= 15 is 0 Å². The van der Waals surface area contributed by atoms with Gasteiger partial charge in [0.2, 0.25) is 5.88 Å². The third-order valence-electron chi connectivity index (χ3n) is 3.96. The van der Waals surface area contributed by atoms with E-state index in [2.05, 4.69) is 15.3 Å². The molecule has 0 spiro atoms. The lowest BCUT2D eigenvalue weighted by Gasteiger charge is -2.12. The van der Waals surface area contributed by atoms with Gasteiger partial charge in [-0.3, -0.25) is 0 Å². The molecular weight excluding hydrogens is 350 g/mol. The van der Waals surface area contributed by atoms with Gasteiger partial charge in [0.1, 0.15) is 29.4 Å². The quantitative estimate of drug-likeness (QED) is 0.532. The molecule has 0 fully saturated rings. The standard InChI is InChI=1S/C20H14F2N4O/c21-14-6-8-16(22)17(10-14)26-19-18(23)20(25-11-24-19)27-15-7-5-12-3-1-2-4-13(12)9-15/h1-11H,23H2,(H,24,25,26). The van der Waals surface area contributed by atoms with E-state index in [0.29, 0.717) is 5.75 Å². The number of nitrogens with zero attached hydrogens (tertiary/aromatic N) is 2. The Balaban J connectivity index is 1.64. The Morgan fingerprint density at radius 3 is 2.56 bits per heavy atom. The molecule has 0 radical (unpaired) electrons. The monoisotopic (exact) mass is 364 g/mol. The molecule has 0 amide bonds. The fourth-order valence-corrected chi connectivity index (χ4v) is 2.62. The Morgan fingerprint density at radius 2 is 1.70 bits per heavy atom. The predicted molar refractivity (Wildman–Crippen MR) is 100 cm³/mol. The highest BCUT2D eigenvalue weighted by Gasteiger charge is 2.13. The third kappa shape index (κ3) is 3.48. The van der Waals surface area contributed by atoms with Crippen molar-refractivity contribution in [3.8, 4) is 11.6 Å². The summed E-state index contributed by atoms with van der Waals surface area (Å²) in [7, 11) is 0. The molecule has 0 bridgehead atoms. The Kier molecular flexibility index (Phi) is 4.25. The molecular formula is C20H14F2N4O. The molecule has 5 nitrogen and oxygen atoms in total. The molecule has 3 aromatic carbocycles. The molecule has 4 aromatic rings. The first-order chi connectivity index (χ1) is 13.1. The van der Waals surface area contributed by atoms with Crippen LogP contribution in [-0.4, -0.2) is 9.97 Å². The smallest absolute Gasteiger partial charge is 0.248 e. The Labute approximate surface area is 153 Å². The zero-order valence-corrected chi connectivity index (χ0v) is 14.0. The molecule has 134 valence electrons. The van der Waals surface area contributed by atoms with E-state index in [1.54, 1.807) is 6.07 Å². The van der Waals surface area contributed by atoms with Gasteiger partial charge >= 0.3 is 0 Å². The van der Waals surface area contributed by atoms with E-state index in [-0.39, 0.29) is 23.1 Å². The summed E-state index contributed by atoms with van der Waals surface area (Å²) in [6.07, 6.45) is 1.23. The van der Waals surface area contributed by atoms with Crippen LogP contribution >= 0.6 is 0 Å². The van der Waals surface area contributed by atoms with Crippen molar-refractivity contribution in [1.29, 1.82) is 0 Å². The van der Waals surface area contributed by atoms with Gasteiger partial charge in [-0.15, -0.1) is 0 Å². The van der Waals surface area contributed by atoms with Crippen LogP contribution in [0.2, 0.25) is 0 Å². The SMILES string of the molecule is Nc1c(Nc2cc(F)ccc2F)ncnc1Oc1ccc2ccccc2c1. The largest absolute Gasteiger partial charge is 0.437 e. The number of benzene rings is 3. The molecule has 3 N–H and O–H groups in total. The lowest BCUT2D eigenvalue weighted by atomic mass is 10.1. The normalized spacial score (nSPS) is 10.7. The van der Waals surface area contributed by atoms with E-state index in [1.165, 1.54) is 6.33 Å². The van der Waals surface area contributed by atoms with Gasteiger partial charge in [0.25, 0.3) is 0 Å². The summed E-state index contributed by atoms with van der Waals surface area (Å²) in [4.78, 5) is 8.01. The van der Waals surface area contributed by atoms with Crippen molar-refractivity contribution in [2.24, 2.45) is 0 Å². The van der Waals surface area contributed by atoms with Crippen molar-refractivity contribution in [2.45, 2.75) is 0 Å². The fraction of sp³-hybridized carbons (Fsp3) is 0. The summed E-state index contributed by atoms with van der Waals surface area (Å²) in [6, 6.07) is 16.5. The number of halogens is 2. The highest BCUT2D eigenvalue weighted by atomic mass is 19.1. The molecule has 0 aliphatic carbocycles. The molecule has 0 aliphatic heterocycles. The van der Waals surface area contributed by atoms with Crippen molar-refractivity contribution in [3.05, 3.63) is 78.6 Å². The van der Waals surface area contributed by atoms with Gasteiger partial charge in [0.05, 0.1) is 5.69 Å². The Hall–Kier alpha value is -3.74. The van der Waals surface area contributed by atoms with Gasteiger partial charge in [0, 0.05) is 6.07 Å². The second-order valence-corrected chi connectivity index (χ2v) is 5.80. The topological polar surface area (TPSA) is 73.1 Å². The third-order valence-corrected chi connectivity index (χ3v) is 3.96. The molecule has 4 rings (SSSR count). The van der Waals surface area contributed by atoms with Crippen LogP contribution in [0.3, 0.4) is 0 Å². The van der Waals surface area contributed by atoms with Gasteiger partial charge in [-0.25, -0.2) is 13.8 Å². The predicted octanol–water partition coefficient (Wildman–Crippen LogP) is 5.03. The maximum atomic E-state index is 13.8. The zero-order valence-electron chi connectivity index (χ0n) is 14.0. The highest BCUT2D eigenvalue weighted by Crippen LogP contribution is 2.32. The summed E-state index contributed by atoms with van der Waals surface area (Å²) in [6.45, 7) is 0. The number of nitrogens with two attached hydrogens (primary N) is 1. The van der Waals surface area contributed by atoms with Gasteiger partial charge in [-0.05, 0) is 35.0 Å². The van der Waals surface area contributed by atoms with Crippen molar-refractivity contribution >= 4 is 28.0 Å². The first-order valence-corrected chi connectivity index (χ1v) is 8.09. The molecule has 1 aromatic heterocycles. The van der Waals surface area contributed by atoms with Crippen LogP contribution in [0.5, 0.6) is 11.6 Å². The second kappa shape index (κ2) is 6.87. The summed E-state index contributed by atoms with van der Waals surface area (Å²) in [5.41, 5.74) is 6.04. The molecule has 0 unspecified atom stereocenters. The van der Waals surface area contributed by atoms with Gasteiger partial charge < -0.3 is 15.8 Å². The van der Waals surface area contributed by atoms with Crippen LogP contribution in [0.1, 0.15) is 0 Å². The average molecular weight is 364 g/mol. The van der Waals surface area contributed by atoms with Crippen molar-refractivity contribution in [1.82, 2.24) is 9.97 Å². The minimum Gasteiger partial charge on any atom is -0.437 e. The summed E-state index contributed by atoms with van der Waals surface area (Å²) in [5.74, 6) is -0.447.